The normalized spacial score (nSPS) is 19.5. The van der Waals surface area contributed by atoms with E-state index >= 15 is 0 Å². The van der Waals surface area contributed by atoms with Crippen molar-refractivity contribution >= 4 is 11.9 Å². The van der Waals surface area contributed by atoms with Crippen LogP contribution < -0.4 is 5.32 Å². The van der Waals surface area contributed by atoms with Crippen molar-refractivity contribution in [3.8, 4) is 0 Å². The summed E-state index contributed by atoms with van der Waals surface area (Å²) in [7, 11) is 0. The summed E-state index contributed by atoms with van der Waals surface area (Å²) in [6.45, 7) is 5.76. The zero-order valence-corrected chi connectivity index (χ0v) is 48.4. The molecule has 11 heteroatoms. The minimum absolute atomic E-state index is 0.119. The number of carbonyl (C=O) groups excluding carboxylic acids is 2. The van der Waals surface area contributed by atoms with E-state index in [0.717, 1.165) is 83.5 Å². The highest BCUT2D eigenvalue weighted by Gasteiger charge is 2.47. The van der Waals surface area contributed by atoms with Crippen molar-refractivity contribution in [2.75, 3.05) is 13.2 Å². The lowest BCUT2D eigenvalue weighted by molar-refractivity contribution is -0.305. The minimum Gasteiger partial charge on any atom is -0.454 e. The minimum atomic E-state index is -1.62. The fraction of sp³-hybridized carbons (Fsp3) is 0.844. The third-order valence-corrected chi connectivity index (χ3v) is 14.7. The predicted octanol–water partition coefficient (Wildman–Crippen LogP) is 14.8. The van der Waals surface area contributed by atoms with Crippen LogP contribution in [-0.4, -0.2) is 99.6 Å². The molecule has 1 aliphatic rings. The first kappa shape index (κ1) is 70.6. The van der Waals surface area contributed by atoms with Crippen LogP contribution in [0, 0.1) is 0 Å². The number of rotatable bonds is 53. The Morgan fingerprint density at radius 1 is 0.520 bits per heavy atom. The monoisotopic (exact) mass is 1060 g/mol. The number of ether oxygens (including phenoxy) is 3. The summed E-state index contributed by atoms with van der Waals surface area (Å²) in [5, 5.41) is 56.9. The average Bonchev–Trinajstić information content (AvgIpc) is 3.41. The average molecular weight is 1060 g/mol. The Balaban J connectivity index is 2.66. The number of amides is 1. The fourth-order valence-corrected chi connectivity index (χ4v) is 9.68. The van der Waals surface area contributed by atoms with Crippen LogP contribution in [0.4, 0.5) is 0 Å². The Hall–Kier alpha value is -2.38. The van der Waals surface area contributed by atoms with Crippen molar-refractivity contribution in [1.82, 2.24) is 5.32 Å². The first-order chi connectivity index (χ1) is 36.7. The SMILES string of the molecule is CCCCC/C=C\C/C=C\CCCCCCCCCCCC(=O)OC1C(OCC(NC(=O)C(O)CCCCCCCC/C=C/CCCCCCCC)C(O)/C=C/CCCCCCCCCCC)OC(CO)C(O)C1O. The van der Waals surface area contributed by atoms with E-state index < -0.39 is 67.4 Å². The zero-order valence-electron chi connectivity index (χ0n) is 48.4. The first-order valence-electron chi connectivity index (χ1n) is 31.4. The first-order valence-corrected chi connectivity index (χ1v) is 31.4. The van der Waals surface area contributed by atoms with Gasteiger partial charge in [-0.3, -0.25) is 9.59 Å². The highest BCUT2D eigenvalue weighted by atomic mass is 16.7. The van der Waals surface area contributed by atoms with Crippen LogP contribution in [0.3, 0.4) is 0 Å². The highest BCUT2D eigenvalue weighted by molar-refractivity contribution is 5.80. The van der Waals surface area contributed by atoms with E-state index in [-0.39, 0.29) is 19.4 Å². The number of aliphatic hydroxyl groups is 5. The summed E-state index contributed by atoms with van der Waals surface area (Å²) in [5.74, 6) is -1.20. The smallest absolute Gasteiger partial charge is 0.306 e. The molecule has 1 saturated heterocycles. The molecule has 6 N–H and O–H groups in total. The van der Waals surface area contributed by atoms with Gasteiger partial charge in [0.05, 0.1) is 25.4 Å². The molecule has 438 valence electrons. The van der Waals surface area contributed by atoms with Crippen molar-refractivity contribution < 1.29 is 49.3 Å². The number of hydrogen-bond donors (Lipinski definition) is 6. The highest BCUT2D eigenvalue weighted by Crippen LogP contribution is 2.26. The van der Waals surface area contributed by atoms with Crippen LogP contribution in [-0.2, 0) is 23.8 Å². The van der Waals surface area contributed by atoms with Crippen molar-refractivity contribution in [2.45, 2.75) is 333 Å². The molecular weight excluding hydrogens is 943 g/mol. The quantitative estimate of drug-likeness (QED) is 0.0195. The second-order valence-electron chi connectivity index (χ2n) is 21.8. The molecule has 1 heterocycles. The standard InChI is InChI=1S/C64H117NO10/c1-4-7-10-13-16-19-22-24-26-28-29-30-32-34-37-40-43-46-49-52-59(69)75-62-61(71)60(70)58(53-66)74-64(62)73-54-55(56(67)50-47-44-41-38-35-21-18-15-12-9-6-3)65-63(72)57(68)51-48-45-42-39-36-33-31-27-25-23-20-17-14-11-8-5-2/h16,19,24-27,47,50,55-58,60-62,64,66-68,70-71H,4-15,17-18,20-23,28-46,48-49,51-54H2,1-3H3,(H,65,72)/b19-16-,26-24-,27-25+,50-47+. The number of nitrogens with one attached hydrogen (secondary N) is 1. The maximum absolute atomic E-state index is 13.4. The van der Waals surface area contributed by atoms with Crippen molar-refractivity contribution in [2.24, 2.45) is 0 Å². The third kappa shape index (κ3) is 40.5. The van der Waals surface area contributed by atoms with Gasteiger partial charge in [-0.1, -0.05) is 243 Å². The van der Waals surface area contributed by atoms with Gasteiger partial charge in [0.15, 0.2) is 12.4 Å². The van der Waals surface area contributed by atoms with E-state index in [2.05, 4.69) is 62.5 Å². The molecule has 0 aromatic rings. The number of esters is 1. The molecule has 0 radical (unpaired) electrons. The van der Waals surface area contributed by atoms with Gasteiger partial charge in [0.25, 0.3) is 0 Å². The number of carbonyl (C=O) groups is 2. The molecule has 0 aromatic carbocycles. The number of hydrogen-bond acceptors (Lipinski definition) is 10. The molecule has 0 aromatic heterocycles. The van der Waals surface area contributed by atoms with Gasteiger partial charge < -0.3 is 45.1 Å². The van der Waals surface area contributed by atoms with Crippen LogP contribution >= 0.6 is 0 Å². The molecule has 1 amide bonds. The van der Waals surface area contributed by atoms with E-state index in [4.69, 9.17) is 14.2 Å². The Morgan fingerprint density at radius 3 is 1.40 bits per heavy atom. The third-order valence-electron chi connectivity index (χ3n) is 14.7. The molecule has 1 aliphatic heterocycles. The van der Waals surface area contributed by atoms with Crippen molar-refractivity contribution in [3.63, 3.8) is 0 Å². The largest absolute Gasteiger partial charge is 0.454 e. The molecular formula is C64H117NO10. The van der Waals surface area contributed by atoms with Crippen LogP contribution in [0.2, 0.25) is 0 Å². The van der Waals surface area contributed by atoms with Crippen molar-refractivity contribution in [3.05, 3.63) is 48.6 Å². The van der Waals surface area contributed by atoms with Gasteiger partial charge in [-0.25, -0.2) is 0 Å². The van der Waals surface area contributed by atoms with Gasteiger partial charge >= 0.3 is 5.97 Å². The Kier molecular flexibility index (Phi) is 49.3. The molecule has 0 saturated carbocycles. The number of aliphatic hydroxyl groups excluding tert-OH is 5. The zero-order chi connectivity index (χ0) is 54.7. The van der Waals surface area contributed by atoms with Gasteiger partial charge in [0.2, 0.25) is 5.91 Å². The maximum Gasteiger partial charge on any atom is 0.306 e. The lowest BCUT2D eigenvalue weighted by Gasteiger charge is -2.41. The molecule has 0 spiro atoms. The summed E-state index contributed by atoms with van der Waals surface area (Å²) in [6.07, 6.45) is 52.9. The van der Waals surface area contributed by atoms with Gasteiger partial charge in [0.1, 0.15) is 24.4 Å². The molecule has 0 aliphatic carbocycles. The summed E-state index contributed by atoms with van der Waals surface area (Å²) in [4.78, 5) is 26.5. The lowest BCUT2D eigenvalue weighted by atomic mass is 9.99. The van der Waals surface area contributed by atoms with Gasteiger partial charge in [-0.2, -0.15) is 0 Å². The summed E-state index contributed by atoms with van der Waals surface area (Å²) >= 11 is 0. The lowest BCUT2D eigenvalue weighted by Crippen LogP contribution is -2.61. The number of unbranched alkanes of at least 4 members (excludes halogenated alkanes) is 33. The Bertz CT molecular complexity index is 1400. The Labute approximate surface area is 459 Å². The van der Waals surface area contributed by atoms with E-state index in [9.17, 15) is 35.1 Å². The summed E-state index contributed by atoms with van der Waals surface area (Å²) in [6, 6.07) is -1.03. The van der Waals surface area contributed by atoms with Gasteiger partial charge in [-0.15, -0.1) is 0 Å². The predicted molar refractivity (Wildman–Crippen MR) is 310 cm³/mol. The maximum atomic E-state index is 13.4. The second-order valence-corrected chi connectivity index (χ2v) is 21.8. The van der Waals surface area contributed by atoms with Crippen LogP contribution in [0.25, 0.3) is 0 Å². The Morgan fingerprint density at radius 2 is 0.920 bits per heavy atom. The molecule has 1 fully saturated rings. The molecule has 0 bridgehead atoms. The van der Waals surface area contributed by atoms with Crippen molar-refractivity contribution in [1.29, 1.82) is 0 Å². The van der Waals surface area contributed by atoms with E-state index in [0.29, 0.717) is 12.8 Å². The van der Waals surface area contributed by atoms with Gasteiger partial charge in [0, 0.05) is 6.42 Å². The topological polar surface area (TPSA) is 175 Å². The summed E-state index contributed by atoms with van der Waals surface area (Å²) in [5.41, 5.74) is 0. The van der Waals surface area contributed by atoms with Gasteiger partial charge in [-0.05, 0) is 83.5 Å². The van der Waals surface area contributed by atoms with E-state index in [1.807, 2.05) is 6.08 Å². The molecule has 1 rings (SSSR count). The van der Waals surface area contributed by atoms with Crippen LogP contribution in [0.1, 0.15) is 284 Å². The van der Waals surface area contributed by atoms with Crippen LogP contribution in [0.15, 0.2) is 48.6 Å². The molecule has 11 nitrogen and oxygen atoms in total. The van der Waals surface area contributed by atoms with Crippen LogP contribution in [0.5, 0.6) is 0 Å². The second kappa shape index (κ2) is 52.3. The fourth-order valence-electron chi connectivity index (χ4n) is 9.68. The van der Waals surface area contributed by atoms with E-state index in [1.165, 1.54) is 154 Å². The molecule has 8 atom stereocenters. The van der Waals surface area contributed by atoms with E-state index in [1.54, 1.807) is 6.08 Å². The summed E-state index contributed by atoms with van der Waals surface area (Å²) < 4.78 is 17.6. The molecule has 8 unspecified atom stereocenters. The molecule has 75 heavy (non-hydrogen) atoms. The number of allylic oxidation sites excluding steroid dienone is 7.